The molecule has 22 aromatic rings. The highest BCUT2D eigenvalue weighted by molar-refractivity contribution is 8.00. The van der Waals surface area contributed by atoms with Crippen molar-refractivity contribution < 1.29 is 0 Å². The number of aromatic nitrogens is 7. The van der Waals surface area contributed by atoms with Gasteiger partial charge in [-0.2, -0.15) is 0 Å². The first-order valence-corrected chi connectivity index (χ1v) is 45.0. The second kappa shape index (κ2) is 30.5. The summed E-state index contributed by atoms with van der Waals surface area (Å²) in [4.78, 5) is 40.9. The standard InChI is InChI=1S/C60H37N3S.C59H36N4S/c1-3-15-40(16-4-1)53-37-54(63-59(62-53)43-17-5-2-6-18-43)41-31-27-38(28-32-41)39-29-33-42(34-30-39)57-56-47(46-21-9-13-25-52(46)61-57)35-36-51-58(56)64-55-26-14-12-24-50(55)60(51)48-22-10-7-19-44(48)45-20-8-11-23-49(45)60;1-3-15-40(16-4-1)56-61-57(41-17-5-2-6-18-41)63-58(62-56)42-33-29-38(30-34-42)37-27-31-39(32-28-37)54-53-46(45-21-9-13-25-51(45)60-54)35-36-50-55(53)64-52-26-14-12-24-49(52)59(50)47-22-10-7-19-43(47)44-20-8-11-23-48(44)59/h1-37H;1-36H. The van der Waals surface area contributed by atoms with Gasteiger partial charge in [0.1, 0.15) is 0 Å². The van der Waals surface area contributed by atoms with Crippen molar-refractivity contribution in [1.82, 2.24) is 34.9 Å². The van der Waals surface area contributed by atoms with Gasteiger partial charge in [0.2, 0.25) is 0 Å². The van der Waals surface area contributed by atoms with Gasteiger partial charge >= 0.3 is 0 Å². The third-order valence-corrected chi connectivity index (χ3v) is 28.6. The van der Waals surface area contributed by atoms with E-state index in [0.717, 1.165) is 111 Å². The summed E-state index contributed by atoms with van der Waals surface area (Å²) in [6.07, 6.45) is 0. The second-order valence-electron chi connectivity index (χ2n) is 33.1. The zero-order valence-corrected chi connectivity index (χ0v) is 70.7. The highest BCUT2D eigenvalue weighted by atomic mass is 32.2. The van der Waals surface area contributed by atoms with E-state index in [0.29, 0.717) is 23.3 Å². The molecule has 0 amide bonds. The fourth-order valence-electron chi connectivity index (χ4n) is 20.4. The normalized spacial score (nSPS) is 13.1. The molecule has 9 heteroatoms. The molecule has 2 aliphatic heterocycles. The Kier molecular flexibility index (Phi) is 17.8. The summed E-state index contributed by atoms with van der Waals surface area (Å²) < 4.78 is 0. The molecule has 0 saturated heterocycles. The Bertz CT molecular complexity index is 7520. The molecular weight excluding hydrogens is 1590 g/mol. The molecule has 0 atom stereocenters. The van der Waals surface area contributed by atoms with E-state index in [1.165, 1.54) is 108 Å². The van der Waals surface area contributed by atoms with Crippen molar-refractivity contribution in [1.29, 1.82) is 0 Å². The van der Waals surface area contributed by atoms with Crippen LogP contribution in [-0.2, 0) is 10.8 Å². The quantitative estimate of drug-likeness (QED) is 0.124. The van der Waals surface area contributed by atoms with Crippen LogP contribution in [0.1, 0.15) is 44.5 Å². The van der Waals surface area contributed by atoms with E-state index < -0.39 is 10.8 Å². The van der Waals surface area contributed by atoms with Crippen LogP contribution in [-0.4, -0.2) is 34.9 Å². The molecular formula is C119H73N7S2. The summed E-state index contributed by atoms with van der Waals surface area (Å²) in [5.41, 5.74) is 33.3. The summed E-state index contributed by atoms with van der Waals surface area (Å²) in [6, 6.07) is 159. The zero-order chi connectivity index (χ0) is 84.4. The Balaban J connectivity index is 0.000000139. The molecule has 2 spiro atoms. The third kappa shape index (κ3) is 12.0. The van der Waals surface area contributed by atoms with E-state index in [1.807, 2.05) is 121 Å². The first kappa shape index (κ1) is 74.7. The van der Waals surface area contributed by atoms with Crippen LogP contribution in [0.25, 0.3) is 178 Å². The van der Waals surface area contributed by atoms with Crippen molar-refractivity contribution in [2.75, 3.05) is 0 Å². The van der Waals surface area contributed by atoms with Crippen molar-refractivity contribution in [2.24, 2.45) is 0 Å². The van der Waals surface area contributed by atoms with E-state index >= 15 is 0 Å². The first-order valence-electron chi connectivity index (χ1n) is 43.4. The zero-order valence-electron chi connectivity index (χ0n) is 69.1. The van der Waals surface area contributed by atoms with Gasteiger partial charge in [0, 0.05) is 85.6 Å². The predicted molar refractivity (Wildman–Crippen MR) is 525 cm³/mol. The summed E-state index contributed by atoms with van der Waals surface area (Å²) in [5.74, 6) is 2.65. The third-order valence-electron chi connectivity index (χ3n) is 26.2. The van der Waals surface area contributed by atoms with Crippen LogP contribution >= 0.6 is 23.5 Å². The van der Waals surface area contributed by atoms with Gasteiger partial charge in [-0.1, -0.05) is 436 Å². The molecule has 4 aliphatic rings. The molecule has 128 heavy (non-hydrogen) atoms. The Hall–Kier alpha value is -15.9. The minimum atomic E-state index is -0.467. The Morgan fingerprint density at radius 1 is 0.172 bits per heavy atom. The van der Waals surface area contributed by atoms with Gasteiger partial charge in [0.15, 0.2) is 23.3 Å². The topological polar surface area (TPSA) is 90.2 Å². The lowest BCUT2D eigenvalue weighted by molar-refractivity contribution is 0.726. The maximum Gasteiger partial charge on any atom is 0.164 e. The monoisotopic (exact) mass is 1660 g/mol. The summed E-state index contributed by atoms with van der Waals surface area (Å²) in [6.45, 7) is 0. The van der Waals surface area contributed by atoms with E-state index in [2.05, 4.69) is 346 Å². The van der Waals surface area contributed by atoms with Crippen molar-refractivity contribution in [3.05, 3.63) is 487 Å². The van der Waals surface area contributed by atoms with Crippen molar-refractivity contribution >= 4 is 66.9 Å². The minimum Gasteiger partial charge on any atom is -0.247 e. The molecule has 0 fully saturated rings. The molecule has 596 valence electrons. The van der Waals surface area contributed by atoms with Gasteiger partial charge in [-0.15, -0.1) is 0 Å². The van der Waals surface area contributed by atoms with Gasteiger partial charge in [-0.3, -0.25) is 0 Å². The molecule has 0 radical (unpaired) electrons. The van der Waals surface area contributed by atoms with Crippen LogP contribution in [0.4, 0.5) is 0 Å². The van der Waals surface area contributed by atoms with Gasteiger partial charge in [0.25, 0.3) is 0 Å². The molecule has 0 N–H and O–H groups in total. The minimum absolute atomic E-state index is 0.463. The van der Waals surface area contributed by atoms with Crippen LogP contribution in [0.2, 0.25) is 0 Å². The number of para-hydroxylation sites is 2. The molecule has 26 rings (SSSR count). The van der Waals surface area contributed by atoms with Gasteiger partial charge in [-0.05, 0) is 130 Å². The highest BCUT2D eigenvalue weighted by Gasteiger charge is 2.53. The number of benzene rings is 18. The number of nitrogens with zero attached hydrogens (tertiary/aromatic N) is 7. The lowest BCUT2D eigenvalue weighted by Gasteiger charge is -2.40. The average molecular weight is 1670 g/mol. The van der Waals surface area contributed by atoms with Crippen molar-refractivity contribution in [2.45, 2.75) is 30.4 Å². The average Bonchev–Trinajstić information content (AvgIpc) is 1.49. The largest absolute Gasteiger partial charge is 0.247 e. The van der Waals surface area contributed by atoms with Gasteiger partial charge in [0.05, 0.1) is 44.6 Å². The molecule has 0 unspecified atom stereocenters. The van der Waals surface area contributed by atoms with E-state index in [-0.39, 0.29) is 0 Å². The molecule has 6 heterocycles. The van der Waals surface area contributed by atoms with Crippen LogP contribution in [0.15, 0.2) is 462 Å². The van der Waals surface area contributed by atoms with Crippen LogP contribution < -0.4 is 0 Å². The first-order chi connectivity index (χ1) is 63.4. The predicted octanol–water partition coefficient (Wildman–Crippen LogP) is 30.1. The lowest BCUT2D eigenvalue weighted by atomic mass is 9.67. The molecule has 4 aromatic heterocycles. The Morgan fingerprint density at radius 2 is 0.438 bits per heavy atom. The van der Waals surface area contributed by atoms with Crippen LogP contribution in [0.3, 0.4) is 0 Å². The van der Waals surface area contributed by atoms with Crippen molar-refractivity contribution in [3.8, 4) is 135 Å². The fourth-order valence-corrected chi connectivity index (χ4v) is 23.1. The fraction of sp³-hybridized carbons (Fsp3) is 0.0168. The van der Waals surface area contributed by atoms with Crippen molar-refractivity contribution in [3.63, 3.8) is 0 Å². The highest BCUT2D eigenvalue weighted by Crippen LogP contribution is 2.66. The van der Waals surface area contributed by atoms with Crippen LogP contribution in [0.5, 0.6) is 0 Å². The lowest BCUT2D eigenvalue weighted by Crippen LogP contribution is -2.32. The van der Waals surface area contributed by atoms with E-state index in [1.54, 1.807) is 0 Å². The van der Waals surface area contributed by atoms with Gasteiger partial charge < -0.3 is 0 Å². The molecule has 0 saturated carbocycles. The smallest absolute Gasteiger partial charge is 0.164 e. The summed E-state index contributed by atoms with van der Waals surface area (Å²) in [7, 11) is 0. The maximum absolute atomic E-state index is 5.52. The summed E-state index contributed by atoms with van der Waals surface area (Å²) in [5, 5.41) is 7.14. The van der Waals surface area contributed by atoms with E-state index in [9.17, 15) is 0 Å². The number of hydrogen-bond donors (Lipinski definition) is 0. The Morgan fingerprint density at radius 3 is 0.805 bits per heavy atom. The summed E-state index contributed by atoms with van der Waals surface area (Å²) >= 11 is 3.77. The SMILES string of the molecule is c1ccc(-c2cc(-c3ccc(-c4ccc(-c5nc6ccccc6c6ccc7c(c56)Sc5ccccc5C75c6ccccc6-c6ccccc65)cc4)cc3)nc(-c3ccccc3)n2)cc1.c1ccc(-c2nc(-c3ccccc3)nc(-c3ccc(-c4ccc(-c5nc6ccccc6c6ccc7c(c56)Sc5ccccc5C75c6ccccc6-c6ccccc65)cc4)cc3)n2)cc1. The maximum atomic E-state index is 5.52. The molecule has 0 bridgehead atoms. The molecule has 7 nitrogen and oxygen atoms in total. The number of rotatable bonds is 10. The second-order valence-corrected chi connectivity index (χ2v) is 35.2. The molecule has 2 aliphatic carbocycles. The Labute approximate surface area is 749 Å². The van der Waals surface area contributed by atoms with Gasteiger partial charge in [-0.25, -0.2) is 34.9 Å². The van der Waals surface area contributed by atoms with E-state index in [4.69, 9.17) is 34.9 Å². The number of fused-ring (bicyclic) bond motifs is 26. The van der Waals surface area contributed by atoms with Crippen LogP contribution in [0, 0.1) is 0 Å². The molecule has 18 aromatic carbocycles. The number of pyridine rings is 2. The number of hydrogen-bond acceptors (Lipinski definition) is 9.